The van der Waals surface area contributed by atoms with E-state index in [9.17, 15) is 13.5 Å². The number of nitrogens with zero attached hydrogens (tertiary/aromatic N) is 2. The number of fused-ring (bicyclic) bond motifs is 1. The van der Waals surface area contributed by atoms with Gasteiger partial charge in [0.1, 0.15) is 10.5 Å². The Morgan fingerprint density at radius 2 is 2.25 bits per heavy atom. The fourth-order valence-electron chi connectivity index (χ4n) is 2.69. The van der Waals surface area contributed by atoms with Crippen LogP contribution in [0.25, 0.3) is 11.0 Å². The van der Waals surface area contributed by atoms with E-state index in [4.69, 9.17) is 0 Å². The van der Waals surface area contributed by atoms with Gasteiger partial charge in [-0.25, -0.2) is 13.4 Å². The molecule has 20 heavy (non-hydrogen) atoms. The van der Waals surface area contributed by atoms with Crippen LogP contribution in [0, 0.1) is 0 Å². The van der Waals surface area contributed by atoms with Gasteiger partial charge >= 0.3 is 0 Å². The minimum atomic E-state index is -3.57. The highest BCUT2D eigenvalue weighted by Gasteiger charge is 2.47. The summed E-state index contributed by atoms with van der Waals surface area (Å²) in [7, 11) is -3.57. The topological polar surface area (TPSA) is 86.3 Å². The average molecular weight is 295 g/mol. The van der Waals surface area contributed by atoms with Crippen molar-refractivity contribution in [1.29, 1.82) is 0 Å². The molecule has 2 aromatic rings. The molecule has 1 saturated heterocycles. The quantitative estimate of drug-likeness (QED) is 0.884. The van der Waals surface area contributed by atoms with Crippen molar-refractivity contribution in [3.8, 4) is 0 Å². The minimum absolute atomic E-state index is 0.163. The van der Waals surface area contributed by atoms with Crippen molar-refractivity contribution in [2.75, 3.05) is 13.1 Å². The zero-order chi connectivity index (χ0) is 14.4. The molecule has 1 aliphatic rings. The van der Waals surface area contributed by atoms with E-state index in [2.05, 4.69) is 9.97 Å². The van der Waals surface area contributed by atoms with Crippen LogP contribution < -0.4 is 0 Å². The average Bonchev–Trinajstić information content (AvgIpc) is 2.80. The number of hydrogen-bond acceptors (Lipinski definition) is 4. The van der Waals surface area contributed by atoms with E-state index in [1.807, 2.05) is 6.92 Å². The second-order valence-corrected chi connectivity index (χ2v) is 7.21. The van der Waals surface area contributed by atoms with E-state index >= 15 is 0 Å². The lowest BCUT2D eigenvalue weighted by molar-refractivity contribution is -0.0653. The SMILES string of the molecule is CCCC1(O)CN(S(=O)(=O)c2c[nH]c3ncccc23)C1. The fraction of sp³-hybridized carbons (Fsp3) is 0.462. The third kappa shape index (κ3) is 2.02. The minimum Gasteiger partial charge on any atom is -0.387 e. The van der Waals surface area contributed by atoms with Gasteiger partial charge in [0.2, 0.25) is 10.0 Å². The number of β-amino-alcohol motifs (C(OH)–C–C–N with tert-alkyl or cyclic N) is 1. The lowest BCUT2D eigenvalue weighted by atomic mass is 9.92. The molecular formula is C13H17N3O3S. The predicted octanol–water partition coefficient (Wildman–Crippen LogP) is 1.10. The van der Waals surface area contributed by atoms with E-state index in [0.29, 0.717) is 17.5 Å². The third-order valence-corrected chi connectivity index (χ3v) is 5.52. The van der Waals surface area contributed by atoms with Gasteiger partial charge in [0.25, 0.3) is 0 Å². The lowest BCUT2D eigenvalue weighted by Crippen LogP contribution is -2.63. The fourth-order valence-corrected chi connectivity index (χ4v) is 4.44. The van der Waals surface area contributed by atoms with Crippen LogP contribution in [0.4, 0.5) is 0 Å². The summed E-state index contributed by atoms with van der Waals surface area (Å²) in [6.07, 6.45) is 4.53. The Balaban J connectivity index is 1.91. The molecule has 0 saturated carbocycles. The highest BCUT2D eigenvalue weighted by molar-refractivity contribution is 7.89. The summed E-state index contributed by atoms with van der Waals surface area (Å²) in [5.74, 6) is 0. The van der Waals surface area contributed by atoms with E-state index < -0.39 is 15.6 Å². The van der Waals surface area contributed by atoms with Gasteiger partial charge < -0.3 is 10.1 Å². The van der Waals surface area contributed by atoms with Crippen LogP contribution >= 0.6 is 0 Å². The maximum Gasteiger partial charge on any atom is 0.245 e. The number of rotatable bonds is 4. The van der Waals surface area contributed by atoms with Gasteiger partial charge in [-0.05, 0) is 18.6 Å². The van der Waals surface area contributed by atoms with Crippen molar-refractivity contribution in [3.63, 3.8) is 0 Å². The van der Waals surface area contributed by atoms with Crippen LogP contribution in [0.2, 0.25) is 0 Å². The molecule has 3 rings (SSSR count). The van der Waals surface area contributed by atoms with Crippen LogP contribution in [-0.2, 0) is 10.0 Å². The normalized spacial score (nSPS) is 19.1. The highest BCUT2D eigenvalue weighted by atomic mass is 32.2. The van der Waals surface area contributed by atoms with Gasteiger partial charge in [-0.15, -0.1) is 0 Å². The van der Waals surface area contributed by atoms with Crippen molar-refractivity contribution in [2.45, 2.75) is 30.3 Å². The Kier molecular flexibility index (Phi) is 3.07. The number of nitrogens with one attached hydrogen (secondary N) is 1. The van der Waals surface area contributed by atoms with Crippen LogP contribution in [0.15, 0.2) is 29.4 Å². The molecule has 0 unspecified atom stereocenters. The molecule has 2 aromatic heterocycles. The Morgan fingerprint density at radius 1 is 1.50 bits per heavy atom. The van der Waals surface area contributed by atoms with Crippen molar-refractivity contribution in [2.24, 2.45) is 0 Å². The summed E-state index contributed by atoms with van der Waals surface area (Å²) >= 11 is 0. The Hall–Kier alpha value is -1.44. The molecule has 0 aliphatic carbocycles. The molecule has 1 aliphatic heterocycles. The number of hydrogen-bond donors (Lipinski definition) is 2. The van der Waals surface area contributed by atoms with Crippen molar-refractivity contribution in [3.05, 3.63) is 24.5 Å². The van der Waals surface area contributed by atoms with E-state index in [1.54, 1.807) is 18.3 Å². The van der Waals surface area contributed by atoms with Crippen LogP contribution in [0.3, 0.4) is 0 Å². The van der Waals surface area contributed by atoms with E-state index in [0.717, 1.165) is 6.42 Å². The smallest absolute Gasteiger partial charge is 0.245 e. The maximum absolute atomic E-state index is 12.5. The van der Waals surface area contributed by atoms with Gasteiger partial charge in [0, 0.05) is 30.9 Å². The zero-order valence-corrected chi connectivity index (χ0v) is 12.0. The number of aliphatic hydroxyl groups is 1. The second kappa shape index (κ2) is 4.54. The molecule has 3 heterocycles. The number of aromatic amines is 1. The highest BCUT2D eigenvalue weighted by Crippen LogP contribution is 2.33. The van der Waals surface area contributed by atoms with Gasteiger partial charge in [-0.2, -0.15) is 4.31 Å². The van der Waals surface area contributed by atoms with Gasteiger partial charge in [-0.3, -0.25) is 0 Å². The monoisotopic (exact) mass is 295 g/mol. The summed E-state index contributed by atoms with van der Waals surface area (Å²) < 4.78 is 26.4. The van der Waals surface area contributed by atoms with Gasteiger partial charge in [0.15, 0.2) is 0 Å². The first-order chi connectivity index (χ1) is 9.46. The molecule has 7 heteroatoms. The summed E-state index contributed by atoms with van der Waals surface area (Å²) in [6, 6.07) is 3.43. The molecule has 0 aromatic carbocycles. The standard InChI is InChI=1S/C13H17N3O3S/c1-2-5-13(17)8-16(9-13)20(18,19)11-7-15-12-10(11)4-3-6-14-12/h3-4,6-7,17H,2,5,8-9H2,1H3,(H,14,15). The summed E-state index contributed by atoms with van der Waals surface area (Å²) in [5.41, 5.74) is -0.318. The molecule has 0 spiro atoms. The second-order valence-electron chi connectivity index (χ2n) is 5.30. The van der Waals surface area contributed by atoms with Crippen LogP contribution in [0.1, 0.15) is 19.8 Å². The van der Waals surface area contributed by atoms with Crippen LogP contribution in [0.5, 0.6) is 0 Å². The maximum atomic E-state index is 12.5. The van der Waals surface area contributed by atoms with Crippen molar-refractivity contribution >= 4 is 21.1 Å². The number of H-pyrrole nitrogens is 1. The number of aromatic nitrogens is 2. The molecule has 6 nitrogen and oxygen atoms in total. The predicted molar refractivity (Wildman–Crippen MR) is 74.7 cm³/mol. The first kappa shape index (κ1) is 13.5. The van der Waals surface area contributed by atoms with Crippen molar-refractivity contribution in [1.82, 2.24) is 14.3 Å². The van der Waals surface area contributed by atoms with E-state index in [-0.39, 0.29) is 18.0 Å². The Labute approximate surface area is 117 Å². The molecule has 2 N–H and O–H groups in total. The molecule has 108 valence electrons. The van der Waals surface area contributed by atoms with Crippen molar-refractivity contribution < 1.29 is 13.5 Å². The van der Waals surface area contributed by atoms with Gasteiger partial charge in [0.05, 0.1) is 5.60 Å². The molecule has 0 radical (unpaired) electrons. The molecule has 0 atom stereocenters. The first-order valence-electron chi connectivity index (χ1n) is 6.61. The third-order valence-electron chi connectivity index (χ3n) is 3.69. The largest absolute Gasteiger partial charge is 0.387 e. The lowest BCUT2D eigenvalue weighted by Gasteiger charge is -2.45. The summed E-state index contributed by atoms with van der Waals surface area (Å²) in [6.45, 7) is 2.30. The van der Waals surface area contributed by atoms with Gasteiger partial charge in [-0.1, -0.05) is 13.3 Å². The molecule has 0 bridgehead atoms. The number of pyridine rings is 1. The zero-order valence-electron chi connectivity index (χ0n) is 11.2. The van der Waals surface area contributed by atoms with Crippen LogP contribution in [-0.4, -0.2) is 46.5 Å². The number of sulfonamides is 1. The Bertz CT molecular complexity index is 732. The summed E-state index contributed by atoms with van der Waals surface area (Å²) in [4.78, 5) is 7.17. The Morgan fingerprint density at radius 3 is 2.95 bits per heavy atom. The molecule has 1 fully saturated rings. The molecule has 0 amide bonds. The molecular weight excluding hydrogens is 278 g/mol. The first-order valence-corrected chi connectivity index (χ1v) is 8.05. The summed E-state index contributed by atoms with van der Waals surface area (Å²) in [5, 5.41) is 10.7. The van der Waals surface area contributed by atoms with E-state index in [1.165, 1.54) is 10.5 Å².